The molecule has 0 rings (SSSR count). The number of halogens is 5. The van der Waals surface area contributed by atoms with Crippen LogP contribution in [0, 0.1) is 0 Å². The van der Waals surface area contributed by atoms with Gasteiger partial charge in [-0.1, -0.05) is 13.8 Å². The van der Waals surface area contributed by atoms with Crippen molar-refractivity contribution in [2.75, 3.05) is 13.2 Å². The lowest BCUT2D eigenvalue weighted by Gasteiger charge is -2.19. The summed E-state index contributed by atoms with van der Waals surface area (Å²) in [5.41, 5.74) is 4.84. The van der Waals surface area contributed by atoms with Gasteiger partial charge in [-0.25, -0.2) is 8.78 Å². The maximum absolute atomic E-state index is 12.2. The van der Waals surface area contributed by atoms with Crippen molar-refractivity contribution in [3.8, 4) is 0 Å². The highest BCUT2D eigenvalue weighted by Crippen LogP contribution is 2.18. The van der Waals surface area contributed by atoms with Gasteiger partial charge in [-0.05, 0) is 0 Å². The molecule has 1 atom stereocenters. The third-order valence-electron chi connectivity index (χ3n) is 1.21. The van der Waals surface area contributed by atoms with Gasteiger partial charge in [0.1, 0.15) is 6.61 Å². The Labute approximate surface area is 85.6 Å². The first kappa shape index (κ1) is 17.0. The first-order valence-electron chi connectivity index (χ1n) is 4.41. The first-order valence-corrected chi connectivity index (χ1v) is 4.41. The van der Waals surface area contributed by atoms with Gasteiger partial charge in [-0.2, -0.15) is 13.2 Å². The van der Waals surface area contributed by atoms with Gasteiger partial charge < -0.3 is 10.5 Å². The molecule has 0 heterocycles. The van der Waals surface area contributed by atoms with E-state index in [2.05, 4.69) is 4.74 Å². The van der Waals surface area contributed by atoms with Crippen molar-refractivity contribution >= 4 is 0 Å². The molecule has 0 saturated carbocycles. The maximum Gasteiger partial charge on any atom is 0.411 e. The highest BCUT2D eigenvalue weighted by atomic mass is 19.4. The summed E-state index contributed by atoms with van der Waals surface area (Å²) in [6, 6.07) is -1.71. The van der Waals surface area contributed by atoms with E-state index in [1.54, 1.807) is 0 Å². The van der Waals surface area contributed by atoms with Gasteiger partial charge in [0.2, 0.25) is 0 Å². The van der Waals surface area contributed by atoms with E-state index in [-0.39, 0.29) is 0 Å². The van der Waals surface area contributed by atoms with Crippen LogP contribution in [0.5, 0.6) is 0 Å². The average molecular weight is 237 g/mol. The Balaban J connectivity index is 0. The predicted octanol–water partition coefficient (Wildman–Crippen LogP) is 2.57. The van der Waals surface area contributed by atoms with E-state index in [9.17, 15) is 22.0 Å². The van der Waals surface area contributed by atoms with Crippen LogP contribution in [0.25, 0.3) is 0 Å². The van der Waals surface area contributed by atoms with E-state index >= 15 is 0 Å². The second-order valence-corrected chi connectivity index (χ2v) is 2.69. The van der Waals surface area contributed by atoms with Gasteiger partial charge in [0.25, 0.3) is 5.92 Å². The normalized spacial score (nSPS) is 14.2. The topological polar surface area (TPSA) is 35.2 Å². The second kappa shape index (κ2) is 6.95. The molecule has 7 heteroatoms. The Hall–Kier alpha value is -0.430. The lowest BCUT2D eigenvalue weighted by molar-refractivity contribution is -0.179. The molecule has 0 aliphatic heterocycles. The number of hydrogen-bond acceptors (Lipinski definition) is 2. The number of alkyl halides is 5. The molecule has 0 spiro atoms. The molecule has 2 N–H and O–H groups in total. The fourth-order valence-corrected chi connectivity index (χ4v) is 0.448. The van der Waals surface area contributed by atoms with Crippen LogP contribution in [0.1, 0.15) is 20.8 Å². The molecule has 0 bridgehead atoms. The first-order chi connectivity index (χ1) is 6.63. The molecule has 0 fully saturated rings. The fraction of sp³-hybridized carbons (Fsp3) is 1.00. The highest BCUT2D eigenvalue weighted by Gasteiger charge is 2.33. The molecule has 0 aromatic rings. The quantitative estimate of drug-likeness (QED) is 0.763. The van der Waals surface area contributed by atoms with Crippen molar-refractivity contribution in [3.05, 3.63) is 0 Å². The van der Waals surface area contributed by atoms with E-state index < -0.39 is 31.4 Å². The minimum Gasteiger partial charge on any atom is -0.370 e. The minimum atomic E-state index is -4.51. The predicted molar refractivity (Wildman–Crippen MR) is 46.8 cm³/mol. The fourth-order valence-electron chi connectivity index (χ4n) is 0.448. The Morgan fingerprint density at radius 3 is 1.80 bits per heavy atom. The number of ether oxygens (including phenoxy) is 1. The molecule has 0 aliphatic rings. The van der Waals surface area contributed by atoms with Crippen LogP contribution < -0.4 is 5.73 Å². The molecule has 0 radical (unpaired) electrons. The molecule has 0 aliphatic carbocycles. The zero-order chi connectivity index (χ0) is 12.7. The molecular formula is C8H16F5NO. The molecule has 0 saturated heterocycles. The van der Waals surface area contributed by atoms with Crippen LogP contribution in [0.15, 0.2) is 0 Å². The molecule has 15 heavy (non-hydrogen) atoms. The van der Waals surface area contributed by atoms with E-state index in [4.69, 9.17) is 5.73 Å². The van der Waals surface area contributed by atoms with Crippen molar-refractivity contribution in [1.82, 2.24) is 0 Å². The van der Waals surface area contributed by atoms with Crippen LogP contribution in [-0.4, -0.2) is 31.4 Å². The molecule has 0 aromatic heterocycles. The van der Waals surface area contributed by atoms with Gasteiger partial charge in [0, 0.05) is 6.92 Å². The standard InChI is InChI=1S/C6H10F5NO.C2H6/c1-5(7,8)4(12)2-13-3-6(9,10)11;1-2/h4H,2-3,12H2,1H3;1-2H3. The lowest BCUT2D eigenvalue weighted by atomic mass is 10.2. The number of rotatable bonds is 4. The van der Waals surface area contributed by atoms with Crippen LogP contribution >= 0.6 is 0 Å². The van der Waals surface area contributed by atoms with Gasteiger partial charge >= 0.3 is 6.18 Å². The molecule has 1 unspecified atom stereocenters. The smallest absolute Gasteiger partial charge is 0.370 e. The molecule has 0 amide bonds. The Bertz CT molecular complexity index is 154. The van der Waals surface area contributed by atoms with E-state index in [1.807, 2.05) is 13.8 Å². The van der Waals surface area contributed by atoms with Crippen LogP contribution in [0.3, 0.4) is 0 Å². The van der Waals surface area contributed by atoms with Crippen molar-refractivity contribution < 1.29 is 26.7 Å². The van der Waals surface area contributed by atoms with Gasteiger partial charge in [-0.15, -0.1) is 0 Å². The Morgan fingerprint density at radius 2 is 1.53 bits per heavy atom. The SMILES string of the molecule is CC.CC(F)(F)C(N)COCC(F)(F)F. The van der Waals surface area contributed by atoms with Gasteiger partial charge in [-0.3, -0.25) is 0 Å². The molecule has 94 valence electrons. The van der Waals surface area contributed by atoms with Crippen LogP contribution in [0.2, 0.25) is 0 Å². The second-order valence-electron chi connectivity index (χ2n) is 2.69. The summed E-state index contributed by atoms with van der Waals surface area (Å²) < 4.78 is 62.8. The van der Waals surface area contributed by atoms with Crippen molar-refractivity contribution in [2.24, 2.45) is 5.73 Å². The summed E-state index contributed by atoms with van der Waals surface area (Å²) in [5.74, 6) is -3.23. The average Bonchev–Trinajstić information content (AvgIpc) is 2.04. The Morgan fingerprint density at radius 1 is 1.13 bits per heavy atom. The van der Waals surface area contributed by atoms with Crippen LogP contribution in [-0.2, 0) is 4.74 Å². The maximum atomic E-state index is 12.2. The largest absolute Gasteiger partial charge is 0.411 e. The van der Waals surface area contributed by atoms with Crippen molar-refractivity contribution in [1.29, 1.82) is 0 Å². The number of nitrogens with two attached hydrogens (primary N) is 1. The van der Waals surface area contributed by atoms with Crippen LogP contribution in [0.4, 0.5) is 22.0 Å². The van der Waals surface area contributed by atoms with Gasteiger partial charge in [0.05, 0.1) is 12.6 Å². The zero-order valence-corrected chi connectivity index (χ0v) is 8.87. The summed E-state index contributed by atoms with van der Waals surface area (Å²) in [6.45, 7) is 2.15. The third kappa shape index (κ3) is 11.5. The summed E-state index contributed by atoms with van der Waals surface area (Å²) in [7, 11) is 0. The van der Waals surface area contributed by atoms with E-state index in [1.165, 1.54) is 0 Å². The third-order valence-corrected chi connectivity index (χ3v) is 1.21. The number of hydrogen-bond donors (Lipinski definition) is 1. The Kier molecular flexibility index (Phi) is 7.86. The van der Waals surface area contributed by atoms with E-state index in [0.717, 1.165) is 0 Å². The minimum absolute atomic E-state index is 0.522. The highest BCUT2D eigenvalue weighted by molar-refractivity contribution is 4.74. The summed E-state index contributed by atoms with van der Waals surface area (Å²) in [6.07, 6.45) is -4.51. The molecular weight excluding hydrogens is 221 g/mol. The lowest BCUT2D eigenvalue weighted by Crippen LogP contribution is -2.42. The monoisotopic (exact) mass is 237 g/mol. The van der Waals surface area contributed by atoms with Gasteiger partial charge in [0.15, 0.2) is 0 Å². The van der Waals surface area contributed by atoms with Crippen molar-refractivity contribution in [2.45, 2.75) is 38.9 Å². The zero-order valence-electron chi connectivity index (χ0n) is 8.87. The summed E-state index contributed by atoms with van der Waals surface area (Å²) in [5, 5.41) is 0. The molecule has 0 aromatic carbocycles. The summed E-state index contributed by atoms with van der Waals surface area (Å²) >= 11 is 0. The van der Waals surface area contributed by atoms with E-state index in [0.29, 0.717) is 6.92 Å². The van der Waals surface area contributed by atoms with Crippen molar-refractivity contribution in [3.63, 3.8) is 0 Å². The molecule has 2 nitrogen and oxygen atoms in total. The summed E-state index contributed by atoms with van der Waals surface area (Å²) in [4.78, 5) is 0.